The number of hydrogen-bond acceptors (Lipinski definition) is 6. The lowest BCUT2D eigenvalue weighted by Crippen LogP contribution is -2.81. The van der Waals surface area contributed by atoms with Crippen LogP contribution in [0.4, 0.5) is 0 Å². The zero-order chi connectivity index (χ0) is 13.9. The van der Waals surface area contributed by atoms with Crippen LogP contribution in [0.15, 0.2) is 0 Å². The Kier molecular flexibility index (Phi) is 3.16. The molecule has 102 valence electrons. The zero-order valence-corrected chi connectivity index (χ0v) is 10.8. The number of rotatable bonds is 1. The average Bonchev–Trinajstić information content (AvgIpc) is 2.11. The first-order chi connectivity index (χ1) is 7.29. The minimum atomic E-state index is -2.10. The van der Waals surface area contributed by atoms with E-state index >= 15 is 0 Å². The van der Waals surface area contributed by atoms with Crippen LogP contribution in [-0.2, 0) is 4.74 Å². The quantitative estimate of drug-likeness (QED) is 0.397. The van der Waals surface area contributed by atoms with E-state index < -0.39 is 34.8 Å². The summed E-state index contributed by atoms with van der Waals surface area (Å²) in [4.78, 5) is 0. The molecule has 0 radical (unpaired) electrons. The Morgan fingerprint density at radius 2 is 1.35 bits per heavy atom. The van der Waals surface area contributed by atoms with E-state index in [4.69, 9.17) is 4.74 Å². The van der Waals surface area contributed by atoms with Gasteiger partial charge in [0.1, 0.15) is 22.9 Å². The van der Waals surface area contributed by atoms with E-state index in [0.29, 0.717) is 0 Å². The van der Waals surface area contributed by atoms with Gasteiger partial charge < -0.3 is 30.3 Å². The van der Waals surface area contributed by atoms with Crippen molar-refractivity contribution in [1.82, 2.24) is 0 Å². The van der Waals surface area contributed by atoms with Crippen LogP contribution in [0.2, 0.25) is 0 Å². The molecule has 1 fully saturated rings. The monoisotopic (exact) mass is 250 g/mol. The zero-order valence-electron chi connectivity index (χ0n) is 10.8. The maximum Gasteiger partial charge on any atom is 0.195 e. The largest absolute Gasteiger partial charge is 0.391 e. The summed E-state index contributed by atoms with van der Waals surface area (Å²) in [5.41, 5.74) is -6.09. The lowest BCUT2D eigenvalue weighted by atomic mass is 9.64. The molecule has 1 aliphatic rings. The van der Waals surface area contributed by atoms with Crippen LogP contribution in [0.3, 0.4) is 0 Å². The Bertz CT molecular complexity index is 305. The van der Waals surface area contributed by atoms with Gasteiger partial charge in [-0.3, -0.25) is 0 Å². The Balaban J connectivity index is 3.34. The van der Waals surface area contributed by atoms with E-state index in [1.165, 1.54) is 34.6 Å². The third kappa shape index (κ3) is 1.71. The summed E-state index contributed by atoms with van der Waals surface area (Å²) >= 11 is 0. The molecule has 1 heterocycles. The third-order valence-electron chi connectivity index (χ3n) is 4.19. The summed E-state index contributed by atoms with van der Waals surface area (Å²) in [5.74, 6) is -2.10. The predicted octanol–water partition coefficient (Wildman–Crippen LogP) is -1.27. The fourth-order valence-electron chi connectivity index (χ4n) is 2.27. The van der Waals surface area contributed by atoms with Gasteiger partial charge in [0.2, 0.25) is 0 Å². The summed E-state index contributed by atoms with van der Waals surface area (Å²) in [7, 11) is 0. The highest BCUT2D eigenvalue weighted by Crippen LogP contribution is 2.48. The van der Waals surface area contributed by atoms with Gasteiger partial charge in [-0.25, -0.2) is 0 Å². The van der Waals surface area contributed by atoms with Gasteiger partial charge in [0, 0.05) is 0 Å². The minimum Gasteiger partial charge on any atom is -0.391 e. The fourth-order valence-corrected chi connectivity index (χ4v) is 2.27. The minimum absolute atomic E-state index is 1.13. The summed E-state index contributed by atoms with van der Waals surface area (Å²) in [6.45, 7) is 6.14. The molecule has 6 heteroatoms. The standard InChI is InChI=1S/C11H22O6/c1-6(12)7-8(2,13)9(3,14)10(4,15)11(5,16)17-7/h6-7,12-16H,1-5H3/t6?,7-,8-,9+,10+,11+/m1/s1. The Morgan fingerprint density at radius 3 is 1.71 bits per heavy atom. The highest BCUT2D eigenvalue weighted by atomic mass is 16.7. The molecule has 0 aromatic heterocycles. The molecule has 17 heavy (non-hydrogen) atoms. The second-order valence-electron chi connectivity index (χ2n) is 5.55. The van der Waals surface area contributed by atoms with E-state index in [-0.39, 0.29) is 0 Å². The number of aliphatic hydroxyl groups is 5. The molecule has 5 N–H and O–H groups in total. The van der Waals surface area contributed by atoms with Crippen molar-refractivity contribution in [3.8, 4) is 0 Å². The van der Waals surface area contributed by atoms with Crippen LogP contribution >= 0.6 is 0 Å². The Morgan fingerprint density at radius 1 is 0.941 bits per heavy atom. The lowest BCUT2D eigenvalue weighted by Gasteiger charge is -2.60. The molecule has 1 rings (SSSR count). The van der Waals surface area contributed by atoms with Crippen molar-refractivity contribution in [1.29, 1.82) is 0 Å². The van der Waals surface area contributed by atoms with Crippen LogP contribution in [-0.4, -0.2) is 60.3 Å². The van der Waals surface area contributed by atoms with Gasteiger partial charge in [-0.15, -0.1) is 0 Å². The first kappa shape index (κ1) is 14.8. The Hall–Kier alpha value is -0.240. The van der Waals surface area contributed by atoms with E-state index in [1.54, 1.807) is 0 Å². The van der Waals surface area contributed by atoms with E-state index in [0.717, 1.165) is 0 Å². The summed E-state index contributed by atoms with van der Waals surface area (Å²) in [5, 5.41) is 50.4. The first-order valence-electron chi connectivity index (χ1n) is 5.54. The van der Waals surface area contributed by atoms with Crippen molar-refractivity contribution in [2.75, 3.05) is 0 Å². The van der Waals surface area contributed by atoms with Crippen LogP contribution in [0.25, 0.3) is 0 Å². The molecule has 0 bridgehead atoms. The second kappa shape index (κ2) is 3.63. The maximum absolute atomic E-state index is 10.3. The molecular weight excluding hydrogens is 228 g/mol. The van der Waals surface area contributed by atoms with Crippen LogP contribution in [0, 0.1) is 0 Å². The van der Waals surface area contributed by atoms with Crippen molar-refractivity contribution in [3.63, 3.8) is 0 Å². The summed E-state index contributed by atoms with van der Waals surface area (Å²) in [6, 6.07) is 0. The molecule has 1 aliphatic heterocycles. The molecular formula is C11H22O6. The maximum atomic E-state index is 10.3. The lowest BCUT2D eigenvalue weighted by molar-refractivity contribution is -0.428. The van der Waals surface area contributed by atoms with Crippen molar-refractivity contribution < 1.29 is 30.3 Å². The number of hydrogen-bond donors (Lipinski definition) is 5. The second-order valence-corrected chi connectivity index (χ2v) is 5.55. The number of ether oxygens (including phenoxy) is 1. The van der Waals surface area contributed by atoms with Crippen LogP contribution in [0.5, 0.6) is 0 Å². The highest BCUT2D eigenvalue weighted by molar-refractivity contribution is 5.17. The molecule has 0 aliphatic carbocycles. The van der Waals surface area contributed by atoms with Gasteiger partial charge in [-0.05, 0) is 34.6 Å². The summed E-state index contributed by atoms with van der Waals surface area (Å²) in [6.07, 6.45) is -2.35. The van der Waals surface area contributed by atoms with Crippen molar-refractivity contribution >= 4 is 0 Å². The van der Waals surface area contributed by atoms with Gasteiger partial charge in [-0.2, -0.15) is 0 Å². The molecule has 1 unspecified atom stereocenters. The average molecular weight is 250 g/mol. The van der Waals surface area contributed by atoms with Crippen molar-refractivity contribution in [2.24, 2.45) is 0 Å². The van der Waals surface area contributed by atoms with Crippen molar-refractivity contribution in [2.45, 2.75) is 69.4 Å². The van der Waals surface area contributed by atoms with Gasteiger partial charge in [0.25, 0.3) is 0 Å². The smallest absolute Gasteiger partial charge is 0.195 e. The predicted molar refractivity (Wildman–Crippen MR) is 59.0 cm³/mol. The molecule has 0 aromatic rings. The van der Waals surface area contributed by atoms with Gasteiger partial charge in [0.15, 0.2) is 5.79 Å². The van der Waals surface area contributed by atoms with Gasteiger partial charge in [0.05, 0.1) is 6.10 Å². The van der Waals surface area contributed by atoms with E-state index in [2.05, 4.69) is 0 Å². The molecule has 0 saturated carbocycles. The number of aliphatic hydroxyl groups excluding tert-OH is 1. The van der Waals surface area contributed by atoms with Gasteiger partial charge >= 0.3 is 0 Å². The molecule has 1 saturated heterocycles. The molecule has 0 aromatic carbocycles. The van der Waals surface area contributed by atoms with E-state index in [9.17, 15) is 25.5 Å². The van der Waals surface area contributed by atoms with Crippen molar-refractivity contribution in [3.05, 3.63) is 0 Å². The van der Waals surface area contributed by atoms with E-state index in [1.807, 2.05) is 0 Å². The van der Waals surface area contributed by atoms with Crippen LogP contribution < -0.4 is 0 Å². The first-order valence-corrected chi connectivity index (χ1v) is 5.54. The molecule has 0 amide bonds. The van der Waals surface area contributed by atoms with Gasteiger partial charge in [-0.1, -0.05) is 0 Å². The fraction of sp³-hybridized carbons (Fsp3) is 1.00. The highest BCUT2D eigenvalue weighted by Gasteiger charge is 2.70. The summed E-state index contributed by atoms with van der Waals surface area (Å²) < 4.78 is 5.15. The third-order valence-corrected chi connectivity index (χ3v) is 4.19. The Labute approximate surface area is 100 Å². The molecule has 6 nitrogen and oxygen atoms in total. The van der Waals surface area contributed by atoms with Crippen LogP contribution in [0.1, 0.15) is 34.6 Å². The topological polar surface area (TPSA) is 110 Å². The SMILES string of the molecule is CC(O)[C@H]1O[C@](C)(O)[C@@](C)(O)[C@@](C)(O)[C@]1(C)O. The molecule has 6 atom stereocenters. The molecule has 0 spiro atoms. The normalized spacial score (nSPS) is 57.9.